The number of rotatable bonds is 2. The second-order valence-corrected chi connectivity index (χ2v) is 7.71. The minimum Gasteiger partial charge on any atom is -0.423 e. The van der Waals surface area contributed by atoms with Gasteiger partial charge in [-0.3, -0.25) is 9.69 Å². The van der Waals surface area contributed by atoms with Gasteiger partial charge in [0.2, 0.25) is 5.91 Å². The molecule has 2 unspecified atom stereocenters. The minimum atomic E-state index is -0.291. The first-order valence-corrected chi connectivity index (χ1v) is 9.72. The molecule has 3 heterocycles. The first-order valence-electron chi connectivity index (χ1n) is 9.72. The topological polar surface area (TPSA) is 49.6 Å². The number of amides is 1. The molecule has 1 saturated heterocycles. The fourth-order valence-electron chi connectivity index (χ4n) is 4.38. The van der Waals surface area contributed by atoms with E-state index in [2.05, 4.69) is 24.0 Å². The molecule has 0 bridgehead atoms. The number of aromatic nitrogens is 1. The molecule has 5 rings (SSSR count). The molecule has 27 heavy (non-hydrogen) atoms. The van der Waals surface area contributed by atoms with Crippen molar-refractivity contribution >= 4 is 28.7 Å². The van der Waals surface area contributed by atoms with Crippen LogP contribution in [0.15, 0.2) is 52.9 Å². The number of oxazole rings is 1. The van der Waals surface area contributed by atoms with Gasteiger partial charge in [0.1, 0.15) is 11.6 Å². The maximum Gasteiger partial charge on any atom is 0.303 e. The summed E-state index contributed by atoms with van der Waals surface area (Å²) in [6.07, 6.45) is 2.97. The van der Waals surface area contributed by atoms with E-state index in [0.717, 1.165) is 36.3 Å². The Balaban J connectivity index is 1.55. The summed E-state index contributed by atoms with van der Waals surface area (Å²) in [5.74, 6) is 0.740. The molecule has 0 radical (unpaired) electrons. The molecule has 0 N–H and O–H groups in total. The molecule has 2 aliphatic heterocycles. The average Bonchev–Trinajstić information content (AvgIpc) is 3.28. The number of carbonyl (C=O) groups is 1. The molecule has 0 spiro atoms. The Labute approximate surface area is 158 Å². The fourth-order valence-corrected chi connectivity index (χ4v) is 4.38. The van der Waals surface area contributed by atoms with Crippen LogP contribution in [-0.2, 0) is 11.2 Å². The predicted octanol–water partition coefficient (Wildman–Crippen LogP) is 4.15. The molecular formula is C22H23N3O2. The van der Waals surface area contributed by atoms with Crippen LogP contribution in [0.1, 0.15) is 25.3 Å². The van der Waals surface area contributed by atoms with Crippen molar-refractivity contribution in [2.75, 3.05) is 18.0 Å². The molecule has 1 aromatic heterocycles. The van der Waals surface area contributed by atoms with Crippen LogP contribution in [0.25, 0.3) is 11.1 Å². The lowest BCUT2D eigenvalue weighted by Gasteiger charge is -2.34. The van der Waals surface area contributed by atoms with E-state index in [1.807, 2.05) is 46.2 Å². The summed E-state index contributed by atoms with van der Waals surface area (Å²) < 4.78 is 6.04. The number of nitrogens with zero attached hydrogens (tertiary/aromatic N) is 3. The zero-order chi connectivity index (χ0) is 18.4. The summed E-state index contributed by atoms with van der Waals surface area (Å²) in [5.41, 5.74) is 3.75. The van der Waals surface area contributed by atoms with Gasteiger partial charge in [0, 0.05) is 25.2 Å². The third kappa shape index (κ3) is 2.78. The van der Waals surface area contributed by atoms with Crippen molar-refractivity contribution in [1.82, 2.24) is 9.88 Å². The third-order valence-electron chi connectivity index (χ3n) is 5.72. The number of anilines is 2. The lowest BCUT2D eigenvalue weighted by Crippen LogP contribution is -2.49. The van der Waals surface area contributed by atoms with E-state index >= 15 is 0 Å². The smallest absolute Gasteiger partial charge is 0.303 e. The highest BCUT2D eigenvalue weighted by atomic mass is 16.4. The van der Waals surface area contributed by atoms with Gasteiger partial charge in [0.05, 0.1) is 0 Å². The normalized spacial score (nSPS) is 22.3. The van der Waals surface area contributed by atoms with Crippen LogP contribution in [-0.4, -0.2) is 34.9 Å². The number of likely N-dealkylation sites (tertiary alicyclic amines) is 1. The third-order valence-corrected chi connectivity index (χ3v) is 5.72. The van der Waals surface area contributed by atoms with Crippen molar-refractivity contribution in [3.63, 3.8) is 0 Å². The van der Waals surface area contributed by atoms with Crippen LogP contribution in [0.2, 0.25) is 0 Å². The van der Waals surface area contributed by atoms with E-state index in [1.165, 1.54) is 12.0 Å². The first-order chi connectivity index (χ1) is 13.2. The molecule has 2 aliphatic rings. The number of benzene rings is 2. The lowest BCUT2D eigenvalue weighted by molar-refractivity contribution is -0.134. The van der Waals surface area contributed by atoms with Gasteiger partial charge < -0.3 is 9.32 Å². The maximum absolute atomic E-state index is 13.4. The van der Waals surface area contributed by atoms with E-state index in [1.54, 1.807) is 0 Å². The Hall–Kier alpha value is -2.82. The molecule has 2 aromatic carbocycles. The van der Waals surface area contributed by atoms with Crippen molar-refractivity contribution in [3.8, 4) is 0 Å². The first kappa shape index (κ1) is 16.4. The number of carbonyl (C=O) groups excluding carboxylic acids is 1. The molecule has 0 aliphatic carbocycles. The van der Waals surface area contributed by atoms with Crippen molar-refractivity contribution in [1.29, 1.82) is 0 Å². The summed E-state index contributed by atoms with van der Waals surface area (Å²) in [7, 11) is 0. The largest absolute Gasteiger partial charge is 0.423 e. The van der Waals surface area contributed by atoms with Gasteiger partial charge in [-0.2, -0.15) is 4.98 Å². The molecule has 2 atom stereocenters. The lowest BCUT2D eigenvalue weighted by atomic mass is 9.99. The van der Waals surface area contributed by atoms with E-state index in [-0.39, 0.29) is 11.9 Å². The van der Waals surface area contributed by atoms with Crippen molar-refractivity contribution in [2.45, 2.75) is 32.2 Å². The molecule has 5 nitrogen and oxygen atoms in total. The molecule has 138 valence electrons. The highest BCUT2D eigenvalue weighted by Gasteiger charge is 2.40. The van der Waals surface area contributed by atoms with Gasteiger partial charge in [-0.25, -0.2) is 0 Å². The van der Waals surface area contributed by atoms with E-state index in [9.17, 15) is 4.79 Å². The van der Waals surface area contributed by atoms with Gasteiger partial charge in [-0.05, 0) is 42.5 Å². The van der Waals surface area contributed by atoms with E-state index in [4.69, 9.17) is 4.42 Å². The Morgan fingerprint density at radius 2 is 1.96 bits per heavy atom. The summed E-state index contributed by atoms with van der Waals surface area (Å²) >= 11 is 0. The standard InChI is InChI=1S/C22H23N3O2/c1-15-7-6-12-24(14-15)21(26)19-13-16-8-2-4-10-18(16)25(19)22-23-17-9-3-5-11-20(17)27-22/h2-5,8-11,15,19H,6-7,12-14H2,1H3. The Morgan fingerprint density at radius 1 is 1.15 bits per heavy atom. The number of para-hydroxylation sites is 3. The molecule has 3 aromatic rings. The van der Waals surface area contributed by atoms with E-state index < -0.39 is 0 Å². The zero-order valence-corrected chi connectivity index (χ0v) is 15.5. The molecule has 1 amide bonds. The van der Waals surface area contributed by atoms with Gasteiger partial charge >= 0.3 is 6.01 Å². The van der Waals surface area contributed by atoms with Gasteiger partial charge in [0.15, 0.2) is 5.58 Å². The van der Waals surface area contributed by atoms with E-state index in [0.29, 0.717) is 18.4 Å². The van der Waals surface area contributed by atoms with Gasteiger partial charge in [-0.15, -0.1) is 0 Å². The SMILES string of the molecule is CC1CCCN(C(=O)C2Cc3ccccc3N2c2nc3ccccc3o2)C1. The van der Waals surface area contributed by atoms with Crippen molar-refractivity contribution < 1.29 is 9.21 Å². The van der Waals surface area contributed by atoms with Crippen LogP contribution in [0, 0.1) is 5.92 Å². The quantitative estimate of drug-likeness (QED) is 0.688. The summed E-state index contributed by atoms with van der Waals surface area (Å²) in [4.78, 5) is 22.1. The monoisotopic (exact) mass is 361 g/mol. The Kier molecular flexibility index (Phi) is 3.88. The number of piperidine rings is 1. The van der Waals surface area contributed by atoms with Gasteiger partial charge in [0.25, 0.3) is 0 Å². The van der Waals surface area contributed by atoms with Crippen LogP contribution in [0.4, 0.5) is 11.7 Å². The predicted molar refractivity (Wildman–Crippen MR) is 105 cm³/mol. The Bertz CT molecular complexity index is 963. The Morgan fingerprint density at radius 3 is 2.81 bits per heavy atom. The zero-order valence-electron chi connectivity index (χ0n) is 15.5. The summed E-state index contributed by atoms with van der Waals surface area (Å²) in [6, 6.07) is 16.1. The minimum absolute atomic E-state index is 0.181. The summed E-state index contributed by atoms with van der Waals surface area (Å²) in [5, 5.41) is 0. The van der Waals surface area contributed by atoms with Crippen LogP contribution in [0.5, 0.6) is 0 Å². The second kappa shape index (κ2) is 6.41. The van der Waals surface area contributed by atoms with Crippen molar-refractivity contribution in [3.05, 3.63) is 54.1 Å². The highest BCUT2D eigenvalue weighted by Crippen LogP contribution is 2.39. The number of hydrogen-bond acceptors (Lipinski definition) is 4. The molecule has 1 fully saturated rings. The fraction of sp³-hybridized carbons (Fsp3) is 0.364. The second-order valence-electron chi connectivity index (χ2n) is 7.71. The number of hydrogen-bond donors (Lipinski definition) is 0. The van der Waals surface area contributed by atoms with Crippen LogP contribution < -0.4 is 4.90 Å². The molecule has 5 heteroatoms. The molecular weight excluding hydrogens is 338 g/mol. The maximum atomic E-state index is 13.4. The summed E-state index contributed by atoms with van der Waals surface area (Å²) in [6.45, 7) is 3.91. The van der Waals surface area contributed by atoms with Gasteiger partial charge in [-0.1, -0.05) is 37.3 Å². The molecule has 0 saturated carbocycles. The van der Waals surface area contributed by atoms with Crippen LogP contribution in [0.3, 0.4) is 0 Å². The number of fused-ring (bicyclic) bond motifs is 2. The average molecular weight is 361 g/mol. The highest BCUT2D eigenvalue weighted by molar-refractivity contribution is 5.91. The van der Waals surface area contributed by atoms with Crippen molar-refractivity contribution in [2.24, 2.45) is 5.92 Å². The van der Waals surface area contributed by atoms with Crippen LogP contribution >= 0.6 is 0 Å².